The van der Waals surface area contributed by atoms with E-state index in [1.165, 1.54) is 0 Å². The number of fused-ring (bicyclic) bond motifs is 24. The standard InChI is InChI=1S/C36H18N16O4/c53-33-37-17-1-9-10(2-18(17)38-33)26-45-25(9)49-27-11-3-19-20(40-34(54)39-19)4-12(11)29(46-27)51-31-15-7-23-24(44-36(56)43-23)8-16(15)32(48-31)52-30-14-6-22-21(41-35(55)42-22)5-13(14)28(47-30)50-26/h1-8H,(H2,37,38,53)(H2,39,40,54)(H2,41,42,55)(H2,43,44,56)(H2,45,46,47,48,49,50,51,52). The van der Waals surface area contributed by atoms with Gasteiger partial charge in [-0.2, -0.15) is 0 Å². The Morgan fingerprint density at radius 3 is 0.714 bits per heavy atom. The third-order valence-corrected chi connectivity index (χ3v) is 10.4. The number of imidazole rings is 4. The molecule has 20 nitrogen and oxygen atoms in total. The average molecular weight is 739 g/mol. The topological polar surface area (TPSA) is 304 Å². The lowest BCUT2D eigenvalue weighted by Gasteiger charge is -1.99. The molecular formula is C36H18N16O4. The van der Waals surface area contributed by atoms with Gasteiger partial charge in [-0.25, -0.2) is 49.1 Å². The highest BCUT2D eigenvalue weighted by atomic mass is 16.2. The van der Waals surface area contributed by atoms with Crippen LogP contribution in [0, 0.1) is 0 Å². The van der Waals surface area contributed by atoms with Crippen LogP contribution in [0.2, 0.25) is 0 Å². The summed E-state index contributed by atoms with van der Waals surface area (Å²) in [6.45, 7) is 0. The molecule has 2 aliphatic rings. The highest BCUT2D eigenvalue weighted by Gasteiger charge is 2.25. The normalized spacial score (nSPS) is 12.6. The molecule has 0 spiro atoms. The Morgan fingerprint density at radius 2 is 0.482 bits per heavy atom. The lowest BCUT2D eigenvalue weighted by molar-refractivity contribution is 1.19. The second-order valence-corrected chi connectivity index (χ2v) is 13.7. The average Bonchev–Trinajstić information content (AvgIpc) is 4.03. The smallest absolute Gasteiger partial charge is 0.323 e. The van der Waals surface area contributed by atoms with Crippen molar-refractivity contribution in [3.8, 4) is 45.6 Å². The lowest BCUT2D eigenvalue weighted by atomic mass is 10.1. The predicted molar refractivity (Wildman–Crippen MR) is 206 cm³/mol. The van der Waals surface area contributed by atoms with Gasteiger partial charge in [-0.05, 0) is 48.5 Å². The largest absolute Gasteiger partial charge is 0.324 e. The van der Waals surface area contributed by atoms with E-state index in [-0.39, 0.29) is 22.8 Å². The van der Waals surface area contributed by atoms with Crippen LogP contribution in [0.15, 0.2) is 67.7 Å². The van der Waals surface area contributed by atoms with Gasteiger partial charge in [-0.15, -0.1) is 0 Å². The van der Waals surface area contributed by atoms with Crippen LogP contribution < -0.4 is 22.8 Å². The highest BCUT2D eigenvalue weighted by Crippen LogP contribution is 2.39. The van der Waals surface area contributed by atoms with E-state index in [0.717, 1.165) is 0 Å². The van der Waals surface area contributed by atoms with Crippen molar-refractivity contribution in [1.82, 2.24) is 79.7 Å². The molecule has 8 bridgehead atoms. The van der Waals surface area contributed by atoms with E-state index in [1.54, 1.807) is 48.5 Å². The van der Waals surface area contributed by atoms with Crippen molar-refractivity contribution in [3.63, 3.8) is 0 Å². The third kappa shape index (κ3) is 3.89. The number of H-pyrrole nitrogens is 10. The van der Waals surface area contributed by atoms with E-state index in [9.17, 15) is 19.2 Å². The summed E-state index contributed by atoms with van der Waals surface area (Å²) in [5.41, 5.74) is 6.88. The number of hydrogen-bond acceptors (Lipinski definition) is 10. The summed E-state index contributed by atoms with van der Waals surface area (Å²) in [6, 6.07) is 14.3. The predicted octanol–water partition coefficient (Wildman–Crippen LogP) is 3.55. The van der Waals surface area contributed by atoms with Gasteiger partial charge in [0.15, 0.2) is 23.3 Å². The Morgan fingerprint density at radius 1 is 0.268 bits per heavy atom. The minimum Gasteiger partial charge on any atom is -0.324 e. The van der Waals surface area contributed by atoms with Crippen LogP contribution in [-0.4, -0.2) is 79.7 Å². The zero-order chi connectivity index (χ0) is 37.1. The molecule has 2 aliphatic heterocycles. The molecule has 0 saturated heterocycles. The second-order valence-electron chi connectivity index (χ2n) is 13.7. The van der Waals surface area contributed by atoms with Gasteiger partial charge in [-0.3, -0.25) is 0 Å². The molecule has 10 N–H and O–H groups in total. The Bertz CT molecular complexity index is 3560. The maximum Gasteiger partial charge on any atom is 0.323 e. The summed E-state index contributed by atoms with van der Waals surface area (Å²) in [4.78, 5) is 109. The van der Waals surface area contributed by atoms with Gasteiger partial charge in [0.1, 0.15) is 22.6 Å². The first-order valence-electron chi connectivity index (χ1n) is 17.1. The Hall–Kier alpha value is -8.68. The van der Waals surface area contributed by atoms with Gasteiger partial charge in [0, 0.05) is 43.8 Å². The van der Waals surface area contributed by atoms with Crippen LogP contribution >= 0.6 is 0 Å². The van der Waals surface area contributed by atoms with Crippen molar-refractivity contribution in [2.75, 3.05) is 0 Å². The number of nitrogens with one attached hydrogen (secondary N) is 10. The molecule has 0 atom stereocenters. The van der Waals surface area contributed by atoms with Crippen LogP contribution in [0.25, 0.3) is 134 Å². The van der Waals surface area contributed by atoms with Crippen molar-refractivity contribution in [2.45, 2.75) is 0 Å². The van der Waals surface area contributed by atoms with E-state index in [1.807, 2.05) is 0 Å². The maximum absolute atomic E-state index is 12.4. The highest BCUT2D eigenvalue weighted by molar-refractivity contribution is 6.11. The molecule has 266 valence electrons. The molecule has 0 aliphatic carbocycles. The first-order chi connectivity index (χ1) is 27.2. The number of hydrogen-bond donors (Lipinski definition) is 10. The Kier molecular flexibility index (Phi) is 4.97. The van der Waals surface area contributed by atoms with Crippen molar-refractivity contribution in [3.05, 3.63) is 90.5 Å². The fourth-order valence-corrected chi connectivity index (χ4v) is 7.91. The molecule has 0 amide bonds. The summed E-state index contributed by atoms with van der Waals surface area (Å²) in [6.07, 6.45) is 0. The van der Waals surface area contributed by atoms with E-state index in [4.69, 9.17) is 29.9 Å². The van der Waals surface area contributed by atoms with Gasteiger partial charge in [-0.1, -0.05) is 0 Å². The number of aromatic nitrogens is 16. The van der Waals surface area contributed by atoms with Gasteiger partial charge >= 0.3 is 22.8 Å². The van der Waals surface area contributed by atoms with Crippen LogP contribution in [-0.2, 0) is 0 Å². The van der Waals surface area contributed by atoms with Crippen molar-refractivity contribution >= 4 is 88.3 Å². The zero-order valence-electron chi connectivity index (χ0n) is 27.9. The van der Waals surface area contributed by atoms with Gasteiger partial charge in [0.2, 0.25) is 0 Å². The van der Waals surface area contributed by atoms with Crippen LogP contribution in [0.1, 0.15) is 0 Å². The molecule has 11 aromatic rings. The molecule has 0 fully saturated rings. The van der Waals surface area contributed by atoms with Crippen molar-refractivity contribution in [1.29, 1.82) is 0 Å². The molecule has 0 saturated carbocycles. The zero-order valence-corrected chi connectivity index (χ0v) is 27.9. The van der Waals surface area contributed by atoms with Crippen LogP contribution in [0.4, 0.5) is 0 Å². The molecule has 0 unspecified atom stereocenters. The molecule has 9 heterocycles. The minimum atomic E-state index is -0.372. The molecule has 0 radical (unpaired) electrons. The molecule has 4 aromatic carbocycles. The first-order valence-corrected chi connectivity index (χ1v) is 17.1. The van der Waals surface area contributed by atoms with Crippen molar-refractivity contribution in [2.24, 2.45) is 0 Å². The molecular weight excluding hydrogens is 721 g/mol. The van der Waals surface area contributed by atoms with E-state index in [0.29, 0.717) is 134 Å². The summed E-state index contributed by atoms with van der Waals surface area (Å²) in [5, 5.41) is 2.51. The quantitative estimate of drug-likeness (QED) is 0.108. The fraction of sp³-hybridized carbons (Fsp3) is 0. The minimum absolute atomic E-state index is 0.295. The van der Waals surface area contributed by atoms with E-state index in [2.05, 4.69) is 49.8 Å². The third-order valence-electron chi connectivity index (χ3n) is 10.4. The number of nitrogens with zero attached hydrogens (tertiary/aromatic N) is 6. The van der Waals surface area contributed by atoms with Crippen LogP contribution in [0.5, 0.6) is 0 Å². The van der Waals surface area contributed by atoms with Crippen LogP contribution in [0.3, 0.4) is 0 Å². The SMILES string of the molecule is O=c1[nH]c2cc3c(cc2[nH]1)-c1nc-3nc2[nH]c(nc3nc(nc4[nH]c(n1)c1cc5[nH]c(=O)[nH]c5cc41)-c1cc4[nH]c(=O)[nH]c4cc1-3)c1cc3[nH]c(=O)[nH]c3cc21. The monoisotopic (exact) mass is 738 g/mol. The van der Waals surface area contributed by atoms with Gasteiger partial charge in [0.05, 0.1) is 44.1 Å². The fourth-order valence-electron chi connectivity index (χ4n) is 7.91. The Balaban J connectivity index is 1.25. The molecule has 13 rings (SSSR count). The van der Waals surface area contributed by atoms with Gasteiger partial charge in [0.25, 0.3) is 0 Å². The summed E-state index contributed by atoms with van der Waals surface area (Å²) in [5.74, 6) is 1.18. The molecule has 56 heavy (non-hydrogen) atoms. The molecule has 20 heteroatoms. The maximum atomic E-state index is 12.4. The number of aromatic amines is 10. The van der Waals surface area contributed by atoms with Crippen molar-refractivity contribution < 1.29 is 0 Å². The number of rotatable bonds is 0. The summed E-state index contributed by atoms with van der Waals surface area (Å²) >= 11 is 0. The summed E-state index contributed by atoms with van der Waals surface area (Å²) in [7, 11) is 0. The lowest BCUT2D eigenvalue weighted by Crippen LogP contribution is -1.99. The Labute approximate surface area is 303 Å². The van der Waals surface area contributed by atoms with Gasteiger partial charge < -0.3 is 49.8 Å². The second kappa shape index (κ2) is 9.64. The summed E-state index contributed by atoms with van der Waals surface area (Å²) < 4.78 is 0. The van der Waals surface area contributed by atoms with E-state index < -0.39 is 0 Å². The van der Waals surface area contributed by atoms with E-state index >= 15 is 0 Å². The molecule has 7 aromatic heterocycles. The number of benzene rings is 4. The first kappa shape index (κ1) is 28.9.